The molecule has 0 aliphatic heterocycles. The Bertz CT molecular complexity index is 1080. The van der Waals surface area contributed by atoms with Crippen LogP contribution in [0.2, 0.25) is 0 Å². The Morgan fingerprint density at radius 3 is 2.06 bits per heavy atom. The minimum atomic E-state index is -1.48. The fourth-order valence-corrected chi connectivity index (χ4v) is 4.40. The van der Waals surface area contributed by atoms with Crippen molar-refractivity contribution in [3.8, 4) is 11.1 Å². The van der Waals surface area contributed by atoms with E-state index < -0.39 is 17.6 Å². The molecule has 1 atom stereocenters. The van der Waals surface area contributed by atoms with Gasteiger partial charge in [0.05, 0.1) is 0 Å². The molecule has 0 saturated heterocycles. The summed E-state index contributed by atoms with van der Waals surface area (Å²) in [7, 11) is 0. The number of hydrogen-bond donors (Lipinski definition) is 2. The molecule has 0 radical (unpaired) electrons. The number of amides is 1. The number of hydrogen-bond acceptors (Lipinski definition) is 3. The van der Waals surface area contributed by atoms with Crippen LogP contribution in [0.4, 0.5) is 4.79 Å². The van der Waals surface area contributed by atoms with Crippen LogP contribution in [-0.2, 0) is 16.0 Å². The van der Waals surface area contributed by atoms with Crippen molar-refractivity contribution in [1.29, 1.82) is 0 Å². The molecule has 1 unspecified atom stereocenters. The maximum atomic E-state index is 12.6. The lowest BCUT2D eigenvalue weighted by Gasteiger charge is -2.26. The second-order valence-electron chi connectivity index (χ2n) is 7.89. The summed E-state index contributed by atoms with van der Waals surface area (Å²) in [4.78, 5) is 24.5. The topological polar surface area (TPSA) is 75.6 Å². The van der Waals surface area contributed by atoms with E-state index in [9.17, 15) is 14.7 Å². The highest BCUT2D eigenvalue weighted by atomic mass is 127. The molecule has 0 fully saturated rings. The average molecular weight is 527 g/mol. The molecule has 1 amide bonds. The summed E-state index contributed by atoms with van der Waals surface area (Å²) >= 11 is 2.19. The highest BCUT2D eigenvalue weighted by molar-refractivity contribution is 14.1. The predicted molar refractivity (Wildman–Crippen MR) is 127 cm³/mol. The van der Waals surface area contributed by atoms with Gasteiger partial charge in [-0.25, -0.2) is 9.59 Å². The first-order valence-corrected chi connectivity index (χ1v) is 11.1. The number of halogens is 1. The molecule has 2 N–H and O–H groups in total. The summed E-state index contributed by atoms with van der Waals surface area (Å²) in [6, 6.07) is 23.7. The van der Waals surface area contributed by atoms with Gasteiger partial charge in [-0.15, -0.1) is 0 Å². The maximum absolute atomic E-state index is 12.6. The zero-order chi connectivity index (χ0) is 22.0. The van der Waals surface area contributed by atoms with E-state index in [0.29, 0.717) is 0 Å². The van der Waals surface area contributed by atoms with Gasteiger partial charge >= 0.3 is 12.1 Å². The van der Waals surface area contributed by atoms with Crippen molar-refractivity contribution >= 4 is 34.7 Å². The van der Waals surface area contributed by atoms with Gasteiger partial charge in [0.25, 0.3) is 0 Å². The molecule has 6 heteroatoms. The van der Waals surface area contributed by atoms with Crippen molar-refractivity contribution in [3.63, 3.8) is 0 Å². The first kappa shape index (κ1) is 21.4. The van der Waals surface area contributed by atoms with Gasteiger partial charge < -0.3 is 15.2 Å². The van der Waals surface area contributed by atoms with Gasteiger partial charge in [0, 0.05) is 15.9 Å². The van der Waals surface area contributed by atoms with E-state index >= 15 is 0 Å². The second kappa shape index (κ2) is 8.70. The number of carbonyl (C=O) groups excluding carboxylic acids is 1. The van der Waals surface area contributed by atoms with E-state index in [1.165, 1.54) is 6.92 Å². The number of nitrogens with one attached hydrogen (secondary N) is 1. The second-order valence-corrected chi connectivity index (χ2v) is 9.14. The number of alkyl carbamates (subject to hydrolysis) is 1. The molecule has 1 aliphatic rings. The third-order valence-corrected chi connectivity index (χ3v) is 6.38. The number of rotatable bonds is 6. The highest BCUT2D eigenvalue weighted by Gasteiger charge is 2.36. The largest absolute Gasteiger partial charge is 0.480 e. The van der Waals surface area contributed by atoms with Crippen molar-refractivity contribution < 1.29 is 19.4 Å². The monoisotopic (exact) mass is 527 g/mol. The van der Waals surface area contributed by atoms with Crippen LogP contribution in [0.5, 0.6) is 0 Å². The van der Waals surface area contributed by atoms with Gasteiger partial charge in [0.15, 0.2) is 0 Å². The number of carboxylic acid groups (broad SMARTS) is 1. The normalized spacial score (nSPS) is 14.3. The van der Waals surface area contributed by atoms with Crippen LogP contribution in [0.15, 0.2) is 72.8 Å². The van der Waals surface area contributed by atoms with E-state index in [0.717, 1.165) is 31.4 Å². The molecule has 3 aromatic rings. The maximum Gasteiger partial charge on any atom is 0.408 e. The quantitative estimate of drug-likeness (QED) is 0.432. The molecule has 0 saturated carbocycles. The fraction of sp³-hybridized carbons (Fsp3) is 0.200. The molecule has 31 heavy (non-hydrogen) atoms. The zero-order valence-corrected chi connectivity index (χ0v) is 19.1. The number of aliphatic carboxylic acids is 1. The van der Waals surface area contributed by atoms with Crippen LogP contribution in [0.1, 0.15) is 29.5 Å². The Morgan fingerprint density at radius 1 is 0.968 bits per heavy atom. The summed E-state index contributed by atoms with van der Waals surface area (Å²) in [5.74, 6) is -1.19. The molecule has 4 rings (SSSR count). The summed E-state index contributed by atoms with van der Waals surface area (Å²) < 4.78 is 6.59. The lowest BCUT2D eigenvalue weighted by Crippen LogP contribution is -2.54. The van der Waals surface area contributed by atoms with Gasteiger partial charge in [-0.3, -0.25) is 0 Å². The Morgan fingerprint density at radius 2 is 1.52 bits per heavy atom. The third-order valence-electron chi connectivity index (χ3n) is 5.66. The van der Waals surface area contributed by atoms with E-state index in [-0.39, 0.29) is 18.9 Å². The van der Waals surface area contributed by atoms with E-state index in [1.54, 1.807) is 0 Å². The van der Waals surface area contributed by atoms with Gasteiger partial charge in [-0.1, -0.05) is 60.7 Å². The molecule has 0 bridgehead atoms. The lowest BCUT2D eigenvalue weighted by atomic mass is 9.93. The summed E-state index contributed by atoms with van der Waals surface area (Å²) in [5, 5.41) is 12.3. The highest BCUT2D eigenvalue weighted by Crippen LogP contribution is 2.44. The predicted octanol–water partition coefficient (Wildman–Crippen LogP) is 5.22. The number of ether oxygens (including phenoxy) is 1. The Balaban J connectivity index is 1.47. The van der Waals surface area contributed by atoms with Crippen LogP contribution in [0.3, 0.4) is 0 Å². The van der Waals surface area contributed by atoms with Crippen LogP contribution in [0.25, 0.3) is 11.1 Å². The molecule has 0 spiro atoms. The Hall–Kier alpha value is -2.87. The van der Waals surface area contributed by atoms with Crippen LogP contribution in [-0.4, -0.2) is 29.3 Å². The smallest absolute Gasteiger partial charge is 0.408 e. The van der Waals surface area contributed by atoms with Crippen LogP contribution in [0, 0.1) is 3.57 Å². The van der Waals surface area contributed by atoms with Crippen molar-refractivity contribution in [3.05, 3.63) is 93.1 Å². The fourth-order valence-electron chi connectivity index (χ4n) is 4.04. The zero-order valence-electron chi connectivity index (χ0n) is 17.0. The number of benzene rings is 3. The first-order valence-electron chi connectivity index (χ1n) is 9.98. The molecule has 1 aliphatic carbocycles. The molecule has 0 aromatic heterocycles. The van der Waals surface area contributed by atoms with Crippen LogP contribution < -0.4 is 5.32 Å². The van der Waals surface area contributed by atoms with E-state index in [1.807, 2.05) is 60.7 Å². The van der Waals surface area contributed by atoms with E-state index in [2.05, 4.69) is 40.0 Å². The lowest BCUT2D eigenvalue weighted by molar-refractivity contribution is -0.143. The van der Waals surface area contributed by atoms with Crippen molar-refractivity contribution in [2.75, 3.05) is 6.61 Å². The SMILES string of the molecule is CC(Cc1ccc(I)cc1)(NC(=O)OCC1c2ccccc2-c2ccccc21)C(=O)O. The van der Waals surface area contributed by atoms with Crippen molar-refractivity contribution in [2.45, 2.75) is 24.8 Å². The molecule has 5 nitrogen and oxygen atoms in total. The first-order chi connectivity index (χ1) is 14.9. The average Bonchev–Trinajstić information content (AvgIpc) is 3.08. The molecule has 158 valence electrons. The Labute approximate surface area is 194 Å². The number of carboxylic acids is 1. The standard InChI is InChI=1S/C25H22INO4/c1-25(23(28)29,14-16-10-12-17(26)13-11-16)27-24(30)31-15-22-20-8-4-2-6-18(20)19-7-3-5-9-21(19)22/h2-13,22H,14-15H2,1H3,(H,27,30)(H,28,29). The van der Waals surface area contributed by atoms with Gasteiger partial charge in [-0.2, -0.15) is 0 Å². The molecule has 0 heterocycles. The minimum absolute atomic E-state index is 0.0783. The summed E-state index contributed by atoms with van der Waals surface area (Å²) in [6.45, 7) is 1.63. The summed E-state index contributed by atoms with van der Waals surface area (Å²) in [5.41, 5.74) is 3.84. The third kappa shape index (κ3) is 4.44. The van der Waals surface area contributed by atoms with Crippen LogP contribution >= 0.6 is 22.6 Å². The number of fused-ring (bicyclic) bond motifs is 3. The molecule has 3 aromatic carbocycles. The molecular weight excluding hydrogens is 505 g/mol. The van der Waals surface area contributed by atoms with Gasteiger partial charge in [0.2, 0.25) is 0 Å². The van der Waals surface area contributed by atoms with Crippen molar-refractivity contribution in [2.24, 2.45) is 0 Å². The number of carbonyl (C=O) groups is 2. The Kier molecular flexibility index (Phi) is 6.00. The minimum Gasteiger partial charge on any atom is -0.480 e. The van der Waals surface area contributed by atoms with Crippen molar-refractivity contribution in [1.82, 2.24) is 5.32 Å². The van der Waals surface area contributed by atoms with E-state index in [4.69, 9.17) is 4.74 Å². The van der Waals surface area contributed by atoms with Gasteiger partial charge in [0.1, 0.15) is 12.1 Å². The summed E-state index contributed by atoms with van der Waals surface area (Å²) in [6.07, 6.45) is -0.582. The van der Waals surface area contributed by atoms with Gasteiger partial charge in [-0.05, 0) is 69.5 Å². The molecular formula is C25H22INO4.